The standard InChI is InChI=1S/C13H15Cl2N5O/c1-3-11-17-12(19(16)4-2)18-13(21)20(11)8-5-6-9(14)10(15)7-8/h5-7H,3-4,16H2,1-2H3. The summed E-state index contributed by atoms with van der Waals surface area (Å²) < 4.78 is 1.40. The molecule has 0 atom stereocenters. The molecule has 1 aromatic heterocycles. The first-order chi connectivity index (χ1) is 9.97. The van der Waals surface area contributed by atoms with Crippen molar-refractivity contribution in [2.75, 3.05) is 11.6 Å². The second-order valence-electron chi connectivity index (χ2n) is 4.30. The molecular weight excluding hydrogens is 313 g/mol. The van der Waals surface area contributed by atoms with Crippen LogP contribution in [0.15, 0.2) is 23.0 Å². The molecule has 0 aliphatic carbocycles. The molecule has 1 heterocycles. The predicted octanol–water partition coefficient (Wildman–Crippen LogP) is 2.20. The number of nitrogens with zero attached hydrogens (tertiary/aromatic N) is 4. The van der Waals surface area contributed by atoms with Crippen LogP contribution in [-0.4, -0.2) is 21.1 Å². The Morgan fingerprint density at radius 2 is 1.95 bits per heavy atom. The summed E-state index contributed by atoms with van der Waals surface area (Å²) in [6.45, 7) is 4.24. The molecule has 1 aromatic carbocycles. The average Bonchev–Trinajstić information content (AvgIpc) is 2.48. The van der Waals surface area contributed by atoms with E-state index in [1.165, 1.54) is 9.58 Å². The molecule has 2 rings (SSSR count). The summed E-state index contributed by atoms with van der Waals surface area (Å²) >= 11 is 11.9. The van der Waals surface area contributed by atoms with Crippen LogP contribution in [0.5, 0.6) is 0 Å². The van der Waals surface area contributed by atoms with Gasteiger partial charge in [-0.1, -0.05) is 30.1 Å². The minimum absolute atomic E-state index is 0.204. The van der Waals surface area contributed by atoms with Crippen molar-refractivity contribution < 1.29 is 0 Å². The molecule has 0 saturated carbocycles. The van der Waals surface area contributed by atoms with E-state index < -0.39 is 5.69 Å². The molecule has 0 aliphatic rings. The summed E-state index contributed by atoms with van der Waals surface area (Å²) in [4.78, 5) is 20.5. The van der Waals surface area contributed by atoms with E-state index in [4.69, 9.17) is 29.0 Å². The molecule has 8 heteroatoms. The Balaban J connectivity index is 2.63. The fourth-order valence-electron chi connectivity index (χ4n) is 1.83. The highest BCUT2D eigenvalue weighted by molar-refractivity contribution is 6.42. The lowest BCUT2D eigenvalue weighted by Gasteiger charge is -2.17. The fourth-order valence-corrected chi connectivity index (χ4v) is 2.12. The lowest BCUT2D eigenvalue weighted by molar-refractivity contribution is 0.732. The number of hydrogen-bond donors (Lipinski definition) is 1. The van der Waals surface area contributed by atoms with E-state index >= 15 is 0 Å². The van der Waals surface area contributed by atoms with Crippen molar-refractivity contribution in [3.63, 3.8) is 0 Å². The van der Waals surface area contributed by atoms with Gasteiger partial charge in [-0.25, -0.2) is 15.2 Å². The van der Waals surface area contributed by atoms with E-state index in [1.807, 2.05) is 13.8 Å². The number of halogens is 2. The highest BCUT2D eigenvalue weighted by Gasteiger charge is 2.13. The molecule has 0 unspecified atom stereocenters. The Hall–Kier alpha value is -1.63. The molecule has 2 N–H and O–H groups in total. The van der Waals surface area contributed by atoms with Crippen LogP contribution in [0, 0.1) is 0 Å². The van der Waals surface area contributed by atoms with E-state index in [2.05, 4.69) is 9.97 Å². The van der Waals surface area contributed by atoms with Gasteiger partial charge < -0.3 is 0 Å². The Morgan fingerprint density at radius 3 is 2.52 bits per heavy atom. The van der Waals surface area contributed by atoms with Crippen molar-refractivity contribution >= 4 is 29.2 Å². The molecule has 0 saturated heterocycles. The SMILES string of the molecule is CCc1nc(N(N)CC)nc(=O)n1-c1ccc(Cl)c(Cl)c1. The second kappa shape index (κ2) is 6.43. The van der Waals surface area contributed by atoms with Gasteiger partial charge in [0, 0.05) is 13.0 Å². The van der Waals surface area contributed by atoms with E-state index in [0.717, 1.165) is 0 Å². The minimum atomic E-state index is -0.459. The summed E-state index contributed by atoms with van der Waals surface area (Å²) in [7, 11) is 0. The molecule has 0 aliphatic heterocycles. The molecule has 0 bridgehead atoms. The van der Waals surface area contributed by atoms with Gasteiger partial charge in [0.1, 0.15) is 5.82 Å². The Kier molecular flexibility index (Phi) is 4.82. The average molecular weight is 328 g/mol. The Labute approximate surface area is 132 Å². The van der Waals surface area contributed by atoms with Crippen molar-refractivity contribution in [2.24, 2.45) is 5.84 Å². The van der Waals surface area contributed by atoms with Crippen LogP contribution in [-0.2, 0) is 6.42 Å². The van der Waals surface area contributed by atoms with Gasteiger partial charge in [0.25, 0.3) is 0 Å². The van der Waals surface area contributed by atoms with E-state index in [9.17, 15) is 4.79 Å². The molecule has 0 radical (unpaired) electrons. The van der Waals surface area contributed by atoms with E-state index in [1.54, 1.807) is 18.2 Å². The van der Waals surface area contributed by atoms with Gasteiger partial charge in [0.2, 0.25) is 5.95 Å². The van der Waals surface area contributed by atoms with Gasteiger partial charge in [0.15, 0.2) is 0 Å². The van der Waals surface area contributed by atoms with Gasteiger partial charge >= 0.3 is 5.69 Å². The highest BCUT2D eigenvalue weighted by Crippen LogP contribution is 2.24. The number of anilines is 1. The van der Waals surface area contributed by atoms with Crippen LogP contribution in [0.1, 0.15) is 19.7 Å². The first-order valence-electron chi connectivity index (χ1n) is 6.45. The lowest BCUT2D eigenvalue weighted by Crippen LogP contribution is -2.36. The van der Waals surface area contributed by atoms with Crippen LogP contribution in [0.25, 0.3) is 5.69 Å². The van der Waals surface area contributed by atoms with Crippen LogP contribution >= 0.6 is 23.2 Å². The fraction of sp³-hybridized carbons (Fsp3) is 0.308. The predicted molar refractivity (Wildman–Crippen MR) is 84.2 cm³/mol. The number of hydrazine groups is 1. The summed E-state index contributed by atoms with van der Waals surface area (Å²) in [6, 6.07) is 4.92. The molecule has 2 aromatic rings. The molecule has 0 amide bonds. The number of rotatable bonds is 4. The maximum absolute atomic E-state index is 12.3. The van der Waals surface area contributed by atoms with Gasteiger partial charge in [-0.3, -0.25) is 5.01 Å². The number of aromatic nitrogens is 3. The van der Waals surface area contributed by atoms with Gasteiger partial charge in [-0.2, -0.15) is 9.97 Å². The molecule has 0 fully saturated rings. The lowest BCUT2D eigenvalue weighted by atomic mass is 10.3. The van der Waals surface area contributed by atoms with Gasteiger partial charge in [-0.05, 0) is 25.1 Å². The van der Waals surface area contributed by atoms with Crippen LogP contribution < -0.4 is 16.5 Å². The quantitative estimate of drug-likeness (QED) is 0.688. The van der Waals surface area contributed by atoms with Crippen LogP contribution in [0.2, 0.25) is 10.0 Å². The van der Waals surface area contributed by atoms with Crippen molar-refractivity contribution in [2.45, 2.75) is 20.3 Å². The third-order valence-corrected chi connectivity index (χ3v) is 3.69. The molecule has 0 spiro atoms. The monoisotopic (exact) mass is 327 g/mol. The normalized spacial score (nSPS) is 10.7. The third-order valence-electron chi connectivity index (χ3n) is 2.95. The summed E-state index contributed by atoms with van der Waals surface area (Å²) in [5, 5.41) is 2.10. The maximum atomic E-state index is 12.3. The Morgan fingerprint density at radius 1 is 1.24 bits per heavy atom. The Bertz CT molecular complexity index is 716. The molecule has 112 valence electrons. The molecular formula is C13H15Cl2N5O. The summed E-state index contributed by atoms with van der Waals surface area (Å²) in [5.41, 5.74) is 0.108. The number of benzene rings is 1. The molecule has 21 heavy (non-hydrogen) atoms. The third kappa shape index (κ3) is 3.18. The van der Waals surface area contributed by atoms with E-state index in [-0.39, 0.29) is 5.95 Å². The maximum Gasteiger partial charge on any atom is 0.356 e. The topological polar surface area (TPSA) is 77.0 Å². The van der Waals surface area contributed by atoms with Crippen LogP contribution in [0.3, 0.4) is 0 Å². The summed E-state index contributed by atoms with van der Waals surface area (Å²) in [6.07, 6.45) is 0.544. The van der Waals surface area contributed by atoms with Crippen molar-refractivity contribution in [1.29, 1.82) is 0 Å². The first kappa shape index (κ1) is 15.8. The van der Waals surface area contributed by atoms with Crippen molar-refractivity contribution in [3.05, 3.63) is 44.6 Å². The van der Waals surface area contributed by atoms with E-state index in [0.29, 0.717) is 34.5 Å². The zero-order valence-electron chi connectivity index (χ0n) is 11.7. The zero-order chi connectivity index (χ0) is 15.6. The largest absolute Gasteiger partial charge is 0.356 e. The van der Waals surface area contributed by atoms with Crippen LogP contribution in [0.4, 0.5) is 5.95 Å². The number of nitrogens with two attached hydrogens (primary N) is 1. The zero-order valence-corrected chi connectivity index (χ0v) is 13.2. The number of aryl methyl sites for hydroxylation is 1. The number of hydrogen-bond acceptors (Lipinski definition) is 5. The molecule has 6 nitrogen and oxygen atoms in total. The van der Waals surface area contributed by atoms with Gasteiger partial charge in [-0.15, -0.1) is 0 Å². The first-order valence-corrected chi connectivity index (χ1v) is 7.21. The minimum Gasteiger partial charge on any atom is -0.279 e. The van der Waals surface area contributed by atoms with Gasteiger partial charge in [0.05, 0.1) is 15.7 Å². The highest BCUT2D eigenvalue weighted by atomic mass is 35.5. The van der Waals surface area contributed by atoms with Crippen molar-refractivity contribution in [1.82, 2.24) is 14.5 Å². The summed E-state index contributed by atoms with van der Waals surface area (Å²) in [5.74, 6) is 6.49. The second-order valence-corrected chi connectivity index (χ2v) is 5.11. The smallest absolute Gasteiger partial charge is 0.279 e. The van der Waals surface area contributed by atoms with Crippen molar-refractivity contribution in [3.8, 4) is 5.69 Å².